The second-order valence-electron chi connectivity index (χ2n) is 11.1. The van der Waals surface area contributed by atoms with Gasteiger partial charge in [-0.25, -0.2) is 0 Å². The van der Waals surface area contributed by atoms with Gasteiger partial charge < -0.3 is 9.47 Å². The van der Waals surface area contributed by atoms with E-state index < -0.39 is 11.8 Å². The summed E-state index contributed by atoms with van der Waals surface area (Å²) >= 11 is 0. The first-order valence-electron chi connectivity index (χ1n) is 14.7. The van der Waals surface area contributed by atoms with E-state index in [4.69, 9.17) is 9.47 Å². The molecule has 0 radical (unpaired) electrons. The van der Waals surface area contributed by atoms with Crippen molar-refractivity contribution < 1.29 is 19.1 Å². The molecule has 2 fully saturated rings. The third kappa shape index (κ3) is 6.27. The van der Waals surface area contributed by atoms with Gasteiger partial charge in [0.05, 0.1) is 11.8 Å². The van der Waals surface area contributed by atoms with Crippen LogP contribution in [0.25, 0.3) is 0 Å². The zero-order chi connectivity index (χ0) is 26.4. The van der Waals surface area contributed by atoms with Crippen LogP contribution in [0, 0.1) is 23.7 Å². The van der Waals surface area contributed by atoms with Gasteiger partial charge in [0.2, 0.25) is 0 Å². The van der Waals surface area contributed by atoms with Crippen LogP contribution in [0.2, 0.25) is 0 Å². The first kappa shape index (κ1) is 27.4. The van der Waals surface area contributed by atoms with Gasteiger partial charge in [0.1, 0.15) is 11.5 Å². The van der Waals surface area contributed by atoms with Gasteiger partial charge in [-0.05, 0) is 91.2 Å². The second kappa shape index (κ2) is 12.8. The molecule has 2 bridgehead atoms. The number of ether oxygens (including phenoxy) is 2. The van der Waals surface area contributed by atoms with Crippen molar-refractivity contribution >= 4 is 11.9 Å². The molecule has 4 rings (SSSR count). The van der Waals surface area contributed by atoms with Gasteiger partial charge in [0.25, 0.3) is 0 Å². The zero-order valence-electron chi connectivity index (χ0n) is 23.2. The van der Waals surface area contributed by atoms with Crippen LogP contribution < -0.4 is 9.47 Å². The number of rotatable bonds is 12. The van der Waals surface area contributed by atoms with Crippen molar-refractivity contribution in [2.24, 2.45) is 23.7 Å². The number of carbonyl (C=O) groups is 2. The first-order valence-corrected chi connectivity index (χ1v) is 14.7. The van der Waals surface area contributed by atoms with Crippen molar-refractivity contribution in [3.8, 4) is 11.5 Å². The molecule has 2 aromatic rings. The van der Waals surface area contributed by atoms with Gasteiger partial charge in [-0.15, -0.1) is 0 Å². The molecule has 0 heterocycles. The summed E-state index contributed by atoms with van der Waals surface area (Å²) in [7, 11) is 0. The summed E-state index contributed by atoms with van der Waals surface area (Å²) in [6.07, 6.45) is 10.6. The summed E-state index contributed by atoms with van der Waals surface area (Å²) in [6.45, 7) is 8.58. The molecule has 2 saturated carbocycles. The lowest BCUT2D eigenvalue weighted by molar-refractivity contribution is -0.153. The molecule has 4 unspecified atom stereocenters. The molecule has 200 valence electrons. The van der Waals surface area contributed by atoms with Gasteiger partial charge in [-0.3, -0.25) is 9.59 Å². The maximum Gasteiger partial charge on any atom is 0.315 e. The number of carbonyl (C=O) groups excluding carboxylic acids is 2. The Morgan fingerprint density at radius 1 is 0.649 bits per heavy atom. The number of aryl methyl sites for hydroxylation is 4. The zero-order valence-corrected chi connectivity index (χ0v) is 23.2. The molecular formula is C33H44O4. The average Bonchev–Trinajstić information content (AvgIpc) is 3.50. The Morgan fingerprint density at radius 3 is 1.43 bits per heavy atom. The predicted octanol–water partition coefficient (Wildman–Crippen LogP) is 7.67. The highest BCUT2D eigenvalue weighted by Gasteiger charge is 2.55. The summed E-state index contributed by atoms with van der Waals surface area (Å²) in [5, 5.41) is 0. The summed E-state index contributed by atoms with van der Waals surface area (Å²) in [4.78, 5) is 27.4. The van der Waals surface area contributed by atoms with Crippen molar-refractivity contribution in [3.05, 3.63) is 58.7 Å². The van der Waals surface area contributed by atoms with Crippen LogP contribution >= 0.6 is 0 Å². The Bertz CT molecular complexity index is 1000. The molecule has 0 aromatic heterocycles. The van der Waals surface area contributed by atoms with E-state index in [1.54, 1.807) is 0 Å². The molecule has 2 aromatic carbocycles. The summed E-state index contributed by atoms with van der Waals surface area (Å²) in [5.74, 6) is 0.376. The van der Waals surface area contributed by atoms with E-state index in [1.807, 2.05) is 12.1 Å². The highest BCUT2D eigenvalue weighted by atomic mass is 16.5. The van der Waals surface area contributed by atoms with E-state index in [1.165, 1.54) is 11.1 Å². The largest absolute Gasteiger partial charge is 0.426 e. The van der Waals surface area contributed by atoms with Crippen molar-refractivity contribution in [1.29, 1.82) is 0 Å². The van der Waals surface area contributed by atoms with E-state index in [-0.39, 0.29) is 23.8 Å². The van der Waals surface area contributed by atoms with E-state index >= 15 is 0 Å². The number of hydrogen-bond donors (Lipinski definition) is 0. The fraction of sp³-hybridized carbons (Fsp3) is 0.576. The van der Waals surface area contributed by atoms with Crippen molar-refractivity contribution in [2.75, 3.05) is 0 Å². The fourth-order valence-corrected chi connectivity index (χ4v) is 6.55. The Balaban J connectivity index is 1.56. The molecule has 0 spiro atoms. The topological polar surface area (TPSA) is 52.6 Å². The Morgan fingerprint density at radius 2 is 1.05 bits per heavy atom. The second-order valence-corrected chi connectivity index (χ2v) is 11.1. The van der Waals surface area contributed by atoms with Crippen LogP contribution in [-0.2, 0) is 35.3 Å². The van der Waals surface area contributed by atoms with Gasteiger partial charge in [0.15, 0.2) is 0 Å². The van der Waals surface area contributed by atoms with Crippen LogP contribution in [0.1, 0.15) is 94.9 Å². The lowest BCUT2D eigenvalue weighted by atomic mass is 9.79. The van der Waals surface area contributed by atoms with Crippen LogP contribution in [0.15, 0.2) is 36.4 Å². The van der Waals surface area contributed by atoms with Gasteiger partial charge in [-0.1, -0.05) is 77.6 Å². The molecule has 2 aliphatic rings. The SMILES string of the molecule is CCCc1ccc(CCC)c(OC(=O)C2C3CCC(C3)C2C(=O)Oc2cc(CCC)ccc2CCC)c1. The number of hydrogen-bond acceptors (Lipinski definition) is 4. The lowest BCUT2D eigenvalue weighted by Gasteiger charge is -2.28. The summed E-state index contributed by atoms with van der Waals surface area (Å²) < 4.78 is 12.2. The molecule has 4 heteroatoms. The minimum Gasteiger partial charge on any atom is -0.426 e. The van der Waals surface area contributed by atoms with E-state index in [9.17, 15) is 9.59 Å². The molecule has 0 saturated heterocycles. The van der Waals surface area contributed by atoms with E-state index in [0.717, 1.165) is 81.8 Å². The monoisotopic (exact) mass is 504 g/mol. The molecule has 2 aliphatic carbocycles. The maximum atomic E-state index is 13.7. The molecular weight excluding hydrogens is 460 g/mol. The molecule has 0 aliphatic heterocycles. The van der Waals surface area contributed by atoms with E-state index in [0.29, 0.717) is 11.5 Å². The number of esters is 2. The minimum absolute atomic E-state index is 0.199. The quantitative estimate of drug-likeness (QED) is 0.220. The Kier molecular flexibility index (Phi) is 9.45. The lowest BCUT2D eigenvalue weighted by Crippen LogP contribution is -2.39. The smallest absolute Gasteiger partial charge is 0.315 e. The van der Waals surface area contributed by atoms with Crippen molar-refractivity contribution in [1.82, 2.24) is 0 Å². The standard InChI is InChI=1S/C33H44O4/c1-5-9-22-13-15-24(11-7-3)28(19-22)36-32(34)30-26-17-18-27(21-26)31(30)33(35)37-29-20-23(10-6-2)14-16-25(29)12-8-4/h13-16,19-20,26-27,30-31H,5-12,17-18,21H2,1-4H3. The minimum atomic E-state index is -0.427. The molecule has 37 heavy (non-hydrogen) atoms. The van der Waals surface area contributed by atoms with Gasteiger partial charge >= 0.3 is 11.9 Å². The number of benzene rings is 2. The molecule has 4 nitrogen and oxygen atoms in total. The highest BCUT2D eigenvalue weighted by Crippen LogP contribution is 2.53. The predicted molar refractivity (Wildman–Crippen MR) is 148 cm³/mol. The summed E-state index contributed by atoms with van der Waals surface area (Å²) in [5.41, 5.74) is 4.50. The normalized spacial score (nSPS) is 22.3. The van der Waals surface area contributed by atoms with E-state index in [2.05, 4.69) is 52.0 Å². The van der Waals surface area contributed by atoms with Gasteiger partial charge in [-0.2, -0.15) is 0 Å². The van der Waals surface area contributed by atoms with Crippen LogP contribution in [0.3, 0.4) is 0 Å². The fourth-order valence-electron chi connectivity index (χ4n) is 6.55. The Hall–Kier alpha value is -2.62. The number of fused-ring (bicyclic) bond motifs is 2. The maximum absolute atomic E-state index is 13.7. The van der Waals surface area contributed by atoms with Crippen molar-refractivity contribution in [3.63, 3.8) is 0 Å². The molecule has 0 amide bonds. The third-order valence-electron chi connectivity index (χ3n) is 8.26. The Labute approximate surface area is 223 Å². The summed E-state index contributed by atoms with van der Waals surface area (Å²) in [6, 6.07) is 12.5. The van der Waals surface area contributed by atoms with Gasteiger partial charge in [0, 0.05) is 0 Å². The van der Waals surface area contributed by atoms with Crippen LogP contribution in [0.5, 0.6) is 11.5 Å². The first-order chi connectivity index (χ1) is 18.0. The average molecular weight is 505 g/mol. The third-order valence-corrected chi connectivity index (χ3v) is 8.26. The van der Waals surface area contributed by atoms with Crippen LogP contribution in [0.4, 0.5) is 0 Å². The van der Waals surface area contributed by atoms with Crippen LogP contribution in [-0.4, -0.2) is 11.9 Å². The molecule has 0 N–H and O–H groups in total. The highest BCUT2D eigenvalue weighted by molar-refractivity contribution is 5.86. The van der Waals surface area contributed by atoms with Crippen molar-refractivity contribution in [2.45, 2.75) is 98.3 Å². The molecule has 4 atom stereocenters.